The predicted octanol–water partition coefficient (Wildman–Crippen LogP) is 11.8. The molecule has 6 heteroatoms. The zero-order valence-electron chi connectivity index (χ0n) is 29.3. The zero-order chi connectivity index (χ0) is 35.3. The number of allylic oxidation sites excluding steroid dienone is 1. The minimum absolute atomic E-state index is 0.321. The molecule has 5 aromatic carbocycles. The summed E-state index contributed by atoms with van der Waals surface area (Å²) >= 11 is 1.80. The molecular formula is C47H33N5S. The highest BCUT2D eigenvalue weighted by Crippen LogP contribution is 2.53. The van der Waals surface area contributed by atoms with Crippen LogP contribution in [0.3, 0.4) is 0 Å². The molecule has 0 unspecified atom stereocenters. The van der Waals surface area contributed by atoms with Crippen molar-refractivity contribution in [2.75, 3.05) is 0 Å². The normalized spacial score (nSPS) is 14.2. The third kappa shape index (κ3) is 4.49. The van der Waals surface area contributed by atoms with Crippen LogP contribution in [0.25, 0.3) is 88.3 Å². The summed E-state index contributed by atoms with van der Waals surface area (Å²) < 4.78 is 4.83. The summed E-state index contributed by atoms with van der Waals surface area (Å²) in [6, 6.07) is 43.1. The van der Waals surface area contributed by atoms with E-state index in [1.807, 2.05) is 30.5 Å². The molecule has 11 rings (SSSR count). The summed E-state index contributed by atoms with van der Waals surface area (Å²) in [5.41, 5.74) is 12.5. The number of rotatable bonds is 4. The molecule has 252 valence electrons. The summed E-state index contributed by atoms with van der Waals surface area (Å²) in [6.07, 6.45) is 8.48. The molecule has 0 radical (unpaired) electrons. The molecule has 0 saturated carbocycles. The molecule has 0 aliphatic heterocycles. The highest BCUT2D eigenvalue weighted by atomic mass is 32.1. The van der Waals surface area contributed by atoms with Crippen molar-refractivity contribution >= 4 is 48.6 Å². The first-order valence-electron chi connectivity index (χ1n) is 18.2. The lowest BCUT2D eigenvalue weighted by molar-refractivity contribution is 0.660. The largest absolute Gasteiger partial charge is 0.298 e. The molecule has 0 atom stereocenters. The Morgan fingerprint density at radius 1 is 0.642 bits per heavy atom. The van der Waals surface area contributed by atoms with E-state index in [4.69, 9.17) is 19.9 Å². The number of nitrogens with zero attached hydrogens (tertiary/aromatic N) is 5. The van der Waals surface area contributed by atoms with Gasteiger partial charge in [-0.3, -0.25) is 4.57 Å². The van der Waals surface area contributed by atoms with Crippen molar-refractivity contribution in [3.8, 4) is 51.0 Å². The lowest BCUT2D eigenvalue weighted by Crippen LogP contribution is -2.17. The summed E-state index contributed by atoms with van der Waals surface area (Å²) in [6.45, 7) is 4.68. The van der Waals surface area contributed by atoms with Gasteiger partial charge in [0.25, 0.3) is 0 Å². The fourth-order valence-electron chi connectivity index (χ4n) is 8.77. The van der Waals surface area contributed by atoms with E-state index in [1.54, 1.807) is 11.3 Å². The van der Waals surface area contributed by atoms with Gasteiger partial charge in [-0.25, -0.2) is 19.9 Å². The average Bonchev–Trinajstić information content (AvgIpc) is 3.83. The van der Waals surface area contributed by atoms with Crippen molar-refractivity contribution in [3.05, 3.63) is 156 Å². The molecule has 9 aromatic rings. The Kier molecular flexibility index (Phi) is 6.53. The van der Waals surface area contributed by atoms with E-state index in [0.717, 1.165) is 40.9 Å². The Morgan fingerprint density at radius 3 is 2.28 bits per heavy atom. The van der Waals surface area contributed by atoms with Gasteiger partial charge >= 0.3 is 0 Å². The summed E-state index contributed by atoms with van der Waals surface area (Å²) in [7, 11) is 0. The smallest absolute Gasteiger partial charge is 0.165 e. The quantitative estimate of drug-likeness (QED) is 0.183. The van der Waals surface area contributed by atoms with Crippen molar-refractivity contribution in [1.82, 2.24) is 24.5 Å². The van der Waals surface area contributed by atoms with E-state index >= 15 is 0 Å². The van der Waals surface area contributed by atoms with E-state index < -0.39 is 0 Å². The van der Waals surface area contributed by atoms with E-state index in [9.17, 15) is 0 Å². The summed E-state index contributed by atoms with van der Waals surface area (Å²) in [5, 5.41) is 3.68. The van der Waals surface area contributed by atoms with Crippen molar-refractivity contribution in [3.63, 3.8) is 0 Å². The second-order valence-corrected chi connectivity index (χ2v) is 15.6. The van der Waals surface area contributed by atoms with E-state index in [-0.39, 0.29) is 5.41 Å². The van der Waals surface area contributed by atoms with Crippen LogP contribution < -0.4 is 0 Å². The SMILES string of the molecule is CC1(C)c2cc(-n3c4c(c5cccnc53)C=CCC4)ccc2-c2cccc(-c3nc(-c4ccccc4)nc(-c4cccc5c4sc4ccccc45)n3)c21. The minimum Gasteiger partial charge on any atom is -0.298 e. The van der Waals surface area contributed by atoms with Gasteiger partial charge in [0.1, 0.15) is 5.65 Å². The molecule has 0 spiro atoms. The van der Waals surface area contributed by atoms with Crippen LogP contribution in [0.15, 0.2) is 134 Å². The number of benzene rings is 5. The Labute approximate surface area is 311 Å². The first-order valence-corrected chi connectivity index (χ1v) is 19.0. The number of aromatic nitrogens is 5. The molecular weight excluding hydrogens is 667 g/mol. The summed E-state index contributed by atoms with van der Waals surface area (Å²) in [4.78, 5) is 20.6. The van der Waals surface area contributed by atoms with Crippen LogP contribution in [-0.2, 0) is 11.8 Å². The lowest BCUT2D eigenvalue weighted by Gasteiger charge is -2.25. The van der Waals surface area contributed by atoms with Crippen LogP contribution >= 0.6 is 11.3 Å². The number of hydrogen-bond acceptors (Lipinski definition) is 5. The van der Waals surface area contributed by atoms with E-state index in [0.29, 0.717) is 17.5 Å². The number of hydrogen-bond donors (Lipinski definition) is 0. The topological polar surface area (TPSA) is 56.5 Å². The number of thiophene rings is 1. The fraction of sp³-hybridized carbons (Fsp3) is 0.106. The Morgan fingerprint density at radius 2 is 1.38 bits per heavy atom. The Balaban J connectivity index is 1.10. The molecule has 0 amide bonds. The molecule has 0 saturated heterocycles. The van der Waals surface area contributed by atoms with Crippen LogP contribution in [0.4, 0.5) is 0 Å². The average molecular weight is 700 g/mol. The maximum Gasteiger partial charge on any atom is 0.165 e. The van der Waals surface area contributed by atoms with Gasteiger partial charge in [0.15, 0.2) is 17.5 Å². The molecule has 0 fully saturated rings. The van der Waals surface area contributed by atoms with Crippen LogP contribution in [0.2, 0.25) is 0 Å². The fourth-order valence-corrected chi connectivity index (χ4v) is 9.98. The monoisotopic (exact) mass is 699 g/mol. The molecule has 53 heavy (non-hydrogen) atoms. The molecule has 0 bridgehead atoms. The summed E-state index contributed by atoms with van der Waals surface area (Å²) in [5.74, 6) is 2.04. The van der Waals surface area contributed by atoms with Crippen molar-refractivity contribution < 1.29 is 0 Å². The van der Waals surface area contributed by atoms with Crippen LogP contribution in [0, 0.1) is 0 Å². The lowest BCUT2D eigenvalue weighted by atomic mass is 9.80. The molecule has 2 aliphatic rings. The van der Waals surface area contributed by atoms with Gasteiger partial charge in [-0.2, -0.15) is 0 Å². The van der Waals surface area contributed by atoms with Gasteiger partial charge < -0.3 is 0 Å². The first kappa shape index (κ1) is 30.4. The third-order valence-corrected chi connectivity index (χ3v) is 12.4. The van der Waals surface area contributed by atoms with E-state index in [2.05, 4.69) is 128 Å². The second-order valence-electron chi connectivity index (χ2n) is 14.5. The highest BCUT2D eigenvalue weighted by molar-refractivity contribution is 7.26. The molecule has 4 heterocycles. The molecule has 2 aliphatic carbocycles. The minimum atomic E-state index is -0.321. The standard InChI is InChI=1S/C47H33N5S/c1-47(2)38-27-29(52-39-22-8-6-15-31(39)35-21-12-26-48-46(35)52)24-25-30(38)33-17-10-19-36(41(33)47)44-49-43(28-13-4-3-5-14-28)50-45(51-44)37-20-11-18-34-32-16-7-9-23-40(32)53-42(34)37/h3-7,9-21,23-27H,8,22H2,1-2H3. The van der Waals surface area contributed by atoms with Crippen molar-refractivity contribution in [2.24, 2.45) is 0 Å². The van der Waals surface area contributed by atoms with Gasteiger partial charge in [0.05, 0.1) is 0 Å². The van der Waals surface area contributed by atoms with Crippen molar-refractivity contribution in [1.29, 1.82) is 0 Å². The van der Waals surface area contributed by atoms with Crippen LogP contribution in [-0.4, -0.2) is 24.5 Å². The molecule has 4 aromatic heterocycles. The zero-order valence-corrected chi connectivity index (χ0v) is 30.2. The second kappa shape index (κ2) is 11.4. The maximum atomic E-state index is 5.33. The number of fused-ring (bicyclic) bond motifs is 9. The van der Waals surface area contributed by atoms with Crippen molar-refractivity contribution in [2.45, 2.75) is 32.1 Å². The first-order chi connectivity index (χ1) is 26.0. The van der Waals surface area contributed by atoms with Crippen LogP contribution in [0.5, 0.6) is 0 Å². The van der Waals surface area contributed by atoms with Gasteiger partial charge in [-0.15, -0.1) is 11.3 Å². The van der Waals surface area contributed by atoms with E-state index in [1.165, 1.54) is 59.1 Å². The van der Waals surface area contributed by atoms with Gasteiger partial charge in [0.2, 0.25) is 0 Å². The number of pyridine rings is 1. The van der Waals surface area contributed by atoms with Gasteiger partial charge in [-0.1, -0.05) is 111 Å². The van der Waals surface area contributed by atoms with Crippen LogP contribution in [0.1, 0.15) is 42.7 Å². The molecule has 5 nitrogen and oxygen atoms in total. The molecule has 0 N–H and O–H groups in total. The maximum absolute atomic E-state index is 5.33. The Hall–Kier alpha value is -6.24. The predicted molar refractivity (Wildman–Crippen MR) is 219 cm³/mol. The highest BCUT2D eigenvalue weighted by Gasteiger charge is 2.39. The third-order valence-electron chi connectivity index (χ3n) is 11.2. The van der Waals surface area contributed by atoms with Gasteiger partial charge in [-0.05, 0) is 71.5 Å². The van der Waals surface area contributed by atoms with Gasteiger partial charge in [0, 0.05) is 70.8 Å². The Bertz CT molecular complexity index is 2990.